The number of esters is 1. The maximum absolute atomic E-state index is 14.9. The SMILES string of the molecule is CC[C@H]1CCC[C@H](O[C@H]2CC[C@H](N(C)CCCCCC[n+]3cccc(C(N)=O)c3)[C@@H](C)O2)[C@@H](C)C(=O)C2=C[C@@H]3[C@@H](C=C[C@@H]4C[C@@H](O[C@@H]5O[C@@H](C)[C@H](OC)[C@@H](OC)[C@H]5OC)C[C@@H]34)[C@@H]2CC(=O)O1.[I-]. The standard InChI is InChI=1S/C52H79N3O11.HI/c1-9-36-17-14-18-44(66-46-22-21-43(32(3)62-46)54(5)23-12-10-11-13-24-55-25-15-16-35(30-55)51(53)58)31(2)47(57)42-28-40-38(41(42)29-45(56)64-36)20-19-34-26-37(27-39(34)40)65-52-50(61-8)49(60-7)48(59-6)33(4)63-52;/h15-16,19-20,25,28,30-34,36-41,43-44,46,48-50,52H,9-14,17-18,21-24,26-27,29H2,1-8H3,(H-,53,58);1H/t31-,32-,33+,34-,36+,37-,38-,39-,40-,41+,43+,44+,46+,48+,49-,50-,52+;/m1./s1. The van der Waals surface area contributed by atoms with Crippen LogP contribution in [0.5, 0.6) is 0 Å². The number of ether oxygens (including phenoxy) is 8. The Morgan fingerprint density at radius 2 is 1.64 bits per heavy atom. The van der Waals surface area contributed by atoms with Crippen molar-refractivity contribution in [3.05, 3.63) is 53.9 Å². The van der Waals surface area contributed by atoms with Gasteiger partial charge in [-0.2, -0.15) is 0 Å². The smallest absolute Gasteiger partial charge is 0.306 e. The Morgan fingerprint density at radius 1 is 0.881 bits per heavy atom. The number of ketones is 1. The van der Waals surface area contributed by atoms with Crippen LogP contribution in [0.15, 0.2) is 48.3 Å². The average Bonchev–Trinajstić information content (AvgIpc) is 3.89. The van der Waals surface area contributed by atoms with Crippen LogP contribution in [0.4, 0.5) is 0 Å². The van der Waals surface area contributed by atoms with Crippen LogP contribution in [-0.4, -0.2) is 125 Å². The number of pyridine rings is 1. The number of carbonyl (C=O) groups is 3. The van der Waals surface area contributed by atoms with E-state index in [0.29, 0.717) is 12.0 Å². The quantitative estimate of drug-likeness (QED) is 0.0798. The van der Waals surface area contributed by atoms with E-state index in [9.17, 15) is 14.4 Å². The van der Waals surface area contributed by atoms with Gasteiger partial charge in [0.15, 0.2) is 30.8 Å². The third-order valence-corrected chi connectivity index (χ3v) is 16.0. The first-order chi connectivity index (χ1) is 31.8. The molecular formula is C52H80IN3O11. The van der Waals surface area contributed by atoms with E-state index in [4.69, 9.17) is 43.6 Å². The molecule has 6 aliphatic rings. The monoisotopic (exact) mass is 1050 g/mol. The van der Waals surface area contributed by atoms with Gasteiger partial charge in [-0.15, -0.1) is 0 Å². The number of aromatic nitrogens is 1. The van der Waals surface area contributed by atoms with Crippen molar-refractivity contribution in [1.29, 1.82) is 0 Å². The Hall–Kier alpha value is -2.35. The first-order valence-corrected chi connectivity index (χ1v) is 25.2. The lowest BCUT2D eigenvalue weighted by Gasteiger charge is -2.44. The number of nitrogens with zero attached hydrogens (tertiary/aromatic N) is 2. The number of cyclic esters (lactones) is 1. The highest BCUT2D eigenvalue weighted by Gasteiger charge is 2.53. The van der Waals surface area contributed by atoms with E-state index in [-0.39, 0.29) is 121 Å². The molecule has 67 heavy (non-hydrogen) atoms. The fourth-order valence-corrected chi connectivity index (χ4v) is 12.3. The second kappa shape index (κ2) is 25.2. The van der Waals surface area contributed by atoms with E-state index < -0.39 is 30.5 Å². The van der Waals surface area contributed by atoms with Crippen molar-refractivity contribution in [2.45, 2.75) is 185 Å². The van der Waals surface area contributed by atoms with Crippen molar-refractivity contribution < 1.29 is 80.8 Å². The fourth-order valence-electron chi connectivity index (χ4n) is 12.3. The maximum Gasteiger partial charge on any atom is 0.306 e. The van der Waals surface area contributed by atoms with Gasteiger partial charge in [-0.1, -0.05) is 38.5 Å². The van der Waals surface area contributed by atoms with Crippen LogP contribution in [0.3, 0.4) is 0 Å². The van der Waals surface area contributed by atoms with E-state index >= 15 is 0 Å². The highest BCUT2D eigenvalue weighted by atomic mass is 127. The minimum Gasteiger partial charge on any atom is -1.00 e. The molecule has 0 aromatic carbocycles. The van der Waals surface area contributed by atoms with Crippen molar-refractivity contribution in [3.63, 3.8) is 0 Å². The maximum atomic E-state index is 14.9. The number of Topliss-reactive ketones (excluding diaryl/α,β-unsaturated/α-hetero) is 1. The Bertz CT molecular complexity index is 1850. The molecule has 4 fully saturated rings. The molecule has 3 aliphatic carbocycles. The fraction of sp³-hybridized carbons (Fsp3) is 0.769. The van der Waals surface area contributed by atoms with Crippen molar-refractivity contribution in [2.24, 2.45) is 41.2 Å². The number of likely N-dealkylation sites (N-methyl/N-ethyl adjacent to an activating group) is 1. The van der Waals surface area contributed by atoms with Gasteiger partial charge >= 0.3 is 5.97 Å². The zero-order valence-electron chi connectivity index (χ0n) is 41.3. The second-order valence-corrected chi connectivity index (χ2v) is 20.1. The Balaban J connectivity index is 0.00000741. The van der Waals surface area contributed by atoms with Crippen LogP contribution in [0.25, 0.3) is 0 Å². The van der Waals surface area contributed by atoms with E-state index in [2.05, 4.69) is 44.0 Å². The number of fused-ring (bicyclic) bond motifs is 5. The van der Waals surface area contributed by atoms with Crippen molar-refractivity contribution in [3.8, 4) is 0 Å². The minimum absolute atomic E-state index is 0. The number of aryl methyl sites for hydroxylation is 1. The van der Waals surface area contributed by atoms with Crippen LogP contribution < -0.4 is 34.3 Å². The van der Waals surface area contributed by atoms with Crippen LogP contribution >= 0.6 is 0 Å². The number of amides is 1. The topological polar surface area (TPSA) is 158 Å². The van der Waals surface area contributed by atoms with Gasteiger partial charge < -0.3 is 72.5 Å². The molecule has 1 saturated carbocycles. The van der Waals surface area contributed by atoms with E-state index in [0.717, 1.165) is 89.3 Å². The number of halogens is 1. The lowest BCUT2D eigenvalue weighted by Crippen LogP contribution is -3.00. The first kappa shape index (κ1) is 54.0. The molecule has 0 spiro atoms. The van der Waals surface area contributed by atoms with Gasteiger partial charge in [0.1, 0.15) is 36.5 Å². The van der Waals surface area contributed by atoms with Gasteiger partial charge in [0.05, 0.1) is 30.8 Å². The third kappa shape index (κ3) is 13.0. The highest BCUT2D eigenvalue weighted by molar-refractivity contribution is 5.99. The number of methoxy groups -OCH3 is 3. The molecule has 14 nitrogen and oxygen atoms in total. The summed E-state index contributed by atoms with van der Waals surface area (Å²) in [6.45, 7) is 10.1. The molecule has 4 heterocycles. The van der Waals surface area contributed by atoms with Gasteiger partial charge in [-0.25, -0.2) is 4.57 Å². The third-order valence-electron chi connectivity index (χ3n) is 16.0. The van der Waals surface area contributed by atoms with Crippen molar-refractivity contribution in [1.82, 2.24) is 4.90 Å². The van der Waals surface area contributed by atoms with Gasteiger partial charge in [-0.3, -0.25) is 14.4 Å². The summed E-state index contributed by atoms with van der Waals surface area (Å²) in [5.41, 5.74) is 6.73. The molecule has 376 valence electrons. The second-order valence-electron chi connectivity index (χ2n) is 20.1. The minimum atomic E-state index is -0.611. The number of hydrogen-bond donors (Lipinski definition) is 1. The lowest BCUT2D eigenvalue weighted by molar-refractivity contribution is -0.697. The zero-order chi connectivity index (χ0) is 47.1. The number of rotatable bonds is 17. The number of hydrogen-bond acceptors (Lipinski definition) is 12. The molecular weight excluding hydrogens is 969 g/mol. The molecule has 1 aromatic heterocycles. The summed E-state index contributed by atoms with van der Waals surface area (Å²) in [6.07, 6.45) is 18.5. The predicted octanol–water partition coefficient (Wildman–Crippen LogP) is 3.51. The summed E-state index contributed by atoms with van der Waals surface area (Å²) in [5.74, 6) is -0.573. The predicted molar refractivity (Wildman–Crippen MR) is 247 cm³/mol. The largest absolute Gasteiger partial charge is 1.00 e. The van der Waals surface area contributed by atoms with Crippen LogP contribution in [-0.2, 0) is 54.0 Å². The van der Waals surface area contributed by atoms with E-state index in [1.165, 1.54) is 0 Å². The van der Waals surface area contributed by atoms with E-state index in [1.807, 2.05) is 36.9 Å². The molecule has 3 saturated heterocycles. The number of unbranched alkanes of at least 4 members (excludes halogenated alkanes) is 3. The summed E-state index contributed by atoms with van der Waals surface area (Å²) >= 11 is 0. The molecule has 0 radical (unpaired) electrons. The summed E-state index contributed by atoms with van der Waals surface area (Å²) < 4.78 is 52.2. The molecule has 3 aliphatic heterocycles. The molecule has 0 bridgehead atoms. The Morgan fingerprint density at radius 3 is 2.36 bits per heavy atom. The van der Waals surface area contributed by atoms with Crippen LogP contribution in [0.1, 0.15) is 122 Å². The summed E-state index contributed by atoms with van der Waals surface area (Å²) in [5, 5.41) is 0. The first-order valence-electron chi connectivity index (χ1n) is 25.2. The van der Waals surface area contributed by atoms with Crippen LogP contribution in [0.2, 0.25) is 0 Å². The van der Waals surface area contributed by atoms with Gasteiger partial charge in [0.2, 0.25) is 0 Å². The number of nitrogens with two attached hydrogens (primary N) is 1. The highest BCUT2D eigenvalue weighted by Crippen LogP contribution is 2.54. The van der Waals surface area contributed by atoms with Crippen LogP contribution in [0, 0.1) is 35.5 Å². The molecule has 1 amide bonds. The zero-order valence-corrected chi connectivity index (χ0v) is 43.5. The molecule has 7 rings (SSSR count). The summed E-state index contributed by atoms with van der Waals surface area (Å²) in [4.78, 5) is 42.5. The van der Waals surface area contributed by atoms with E-state index in [1.54, 1.807) is 27.4 Å². The lowest BCUT2D eigenvalue weighted by atomic mass is 9.70. The van der Waals surface area contributed by atoms with Crippen molar-refractivity contribution in [2.75, 3.05) is 34.9 Å². The molecule has 15 heteroatoms. The van der Waals surface area contributed by atoms with Gasteiger partial charge in [-0.05, 0) is 127 Å². The normalized spacial score (nSPS) is 37.9. The molecule has 1 aromatic rings. The number of allylic oxidation sites excluding steroid dienone is 4. The Labute approximate surface area is 416 Å². The molecule has 17 atom stereocenters. The summed E-state index contributed by atoms with van der Waals surface area (Å²) in [6, 6.07) is 3.89. The number of primary amides is 1. The van der Waals surface area contributed by atoms with Gasteiger partial charge in [0, 0.05) is 51.7 Å². The molecule has 2 N–H and O–H groups in total. The Kier molecular flexibility index (Phi) is 20.3. The van der Waals surface area contributed by atoms with Crippen molar-refractivity contribution >= 4 is 17.7 Å². The summed E-state index contributed by atoms with van der Waals surface area (Å²) in [7, 11) is 7.16. The number of carbonyl (C=O) groups excluding carboxylic acids is 3. The average molecular weight is 1050 g/mol. The van der Waals surface area contributed by atoms with Gasteiger partial charge in [0.25, 0.3) is 5.91 Å². The molecule has 0 unspecified atom stereocenters.